The number of nitrogens with one attached hydrogen (secondary N) is 1. The van der Waals surface area contributed by atoms with E-state index in [0.29, 0.717) is 5.41 Å². The maximum absolute atomic E-state index is 4.52. The molecule has 0 saturated heterocycles. The summed E-state index contributed by atoms with van der Waals surface area (Å²) in [5.41, 5.74) is 0.608. The van der Waals surface area contributed by atoms with Crippen LogP contribution in [0.2, 0.25) is 0 Å². The van der Waals surface area contributed by atoms with E-state index in [1.807, 2.05) is 18.4 Å². The Morgan fingerprint density at radius 2 is 1.67 bits per heavy atom. The van der Waals surface area contributed by atoms with Crippen LogP contribution in [0, 0.1) is 23.2 Å². The van der Waals surface area contributed by atoms with Crippen LogP contribution in [-0.4, -0.2) is 23.8 Å². The summed E-state index contributed by atoms with van der Waals surface area (Å²) in [6, 6.07) is 0. The molecule has 4 saturated carbocycles. The number of aryl methyl sites for hydroxylation is 1. The third kappa shape index (κ3) is 2.89. The summed E-state index contributed by atoms with van der Waals surface area (Å²) in [7, 11) is 2.01. The molecule has 1 aromatic rings. The van der Waals surface area contributed by atoms with E-state index in [-0.39, 0.29) is 0 Å². The van der Waals surface area contributed by atoms with Gasteiger partial charge in [0.2, 0.25) is 0 Å². The van der Waals surface area contributed by atoms with Crippen LogP contribution in [0.5, 0.6) is 0 Å². The zero-order chi connectivity index (χ0) is 14.3. The van der Waals surface area contributed by atoms with Crippen molar-refractivity contribution in [2.45, 2.75) is 57.8 Å². The molecule has 1 aromatic heterocycles. The zero-order valence-electron chi connectivity index (χ0n) is 13.1. The van der Waals surface area contributed by atoms with Gasteiger partial charge >= 0.3 is 0 Å². The van der Waals surface area contributed by atoms with Gasteiger partial charge in [-0.25, -0.2) is 0 Å². The average molecular weight is 305 g/mol. The molecule has 0 aliphatic heterocycles. The highest BCUT2D eigenvalue weighted by Gasteiger charge is 2.50. The topological polar surface area (TPSA) is 37.8 Å². The van der Waals surface area contributed by atoms with E-state index < -0.39 is 0 Å². The van der Waals surface area contributed by atoms with Gasteiger partial charge < -0.3 is 5.32 Å². The fraction of sp³-hybridized carbons (Fsp3) is 0.882. The lowest BCUT2D eigenvalue weighted by Crippen LogP contribution is -2.47. The molecule has 0 atom stereocenters. The molecule has 21 heavy (non-hydrogen) atoms. The lowest BCUT2D eigenvalue weighted by Gasteiger charge is -2.56. The maximum atomic E-state index is 4.52. The zero-order valence-corrected chi connectivity index (χ0v) is 13.9. The minimum absolute atomic E-state index is 0.608. The van der Waals surface area contributed by atoms with Gasteiger partial charge in [-0.15, -0.1) is 21.5 Å². The first-order valence-corrected chi connectivity index (χ1v) is 9.52. The highest BCUT2D eigenvalue weighted by Crippen LogP contribution is 2.61. The van der Waals surface area contributed by atoms with Crippen molar-refractivity contribution in [3.05, 3.63) is 10.0 Å². The highest BCUT2D eigenvalue weighted by atomic mass is 32.1. The van der Waals surface area contributed by atoms with Gasteiger partial charge in [-0.2, -0.15) is 0 Å². The number of nitrogens with zero attached hydrogens (tertiary/aromatic N) is 2. The lowest BCUT2D eigenvalue weighted by atomic mass is 9.49. The van der Waals surface area contributed by atoms with Crippen molar-refractivity contribution >= 4 is 11.3 Å². The fourth-order valence-electron chi connectivity index (χ4n) is 5.70. The van der Waals surface area contributed by atoms with Gasteiger partial charge in [-0.3, -0.25) is 0 Å². The lowest BCUT2D eigenvalue weighted by molar-refractivity contribution is -0.0522. The first kappa shape index (κ1) is 14.1. The van der Waals surface area contributed by atoms with Crippen LogP contribution in [0.15, 0.2) is 0 Å². The molecule has 4 aliphatic carbocycles. The van der Waals surface area contributed by atoms with Crippen LogP contribution in [0.25, 0.3) is 0 Å². The Balaban J connectivity index is 1.41. The third-order valence-corrected chi connectivity index (χ3v) is 7.00. The predicted molar refractivity (Wildman–Crippen MR) is 86.5 cm³/mol. The molecule has 4 heteroatoms. The van der Waals surface area contributed by atoms with E-state index in [9.17, 15) is 0 Å². The van der Waals surface area contributed by atoms with Crippen LogP contribution in [0.1, 0.15) is 55.0 Å². The molecule has 5 rings (SSSR count). The molecule has 0 aromatic carbocycles. The second-order valence-corrected chi connectivity index (χ2v) is 9.04. The standard InChI is InChI=1S/C17H27N3S/c1-18-4-2-3-15-19-20-16(21-15)11-17-8-12-5-13(9-17)7-14(6-12)10-17/h12-14,18H,2-11H2,1H3. The Kier molecular flexibility index (Phi) is 3.78. The van der Waals surface area contributed by atoms with E-state index in [2.05, 4.69) is 15.5 Å². The van der Waals surface area contributed by atoms with Gasteiger partial charge in [0.15, 0.2) is 0 Å². The Bertz CT molecular complexity index is 461. The quantitative estimate of drug-likeness (QED) is 0.818. The van der Waals surface area contributed by atoms with Gasteiger partial charge in [0.25, 0.3) is 0 Å². The van der Waals surface area contributed by atoms with E-state index in [0.717, 1.165) is 30.7 Å². The van der Waals surface area contributed by atoms with Crippen LogP contribution in [0.4, 0.5) is 0 Å². The monoisotopic (exact) mass is 305 g/mol. The first-order valence-electron chi connectivity index (χ1n) is 8.70. The van der Waals surface area contributed by atoms with Crippen molar-refractivity contribution < 1.29 is 0 Å². The SMILES string of the molecule is CNCCCc1nnc(CC23CC4CC(CC(C4)C2)C3)s1. The molecule has 4 bridgehead atoms. The van der Waals surface area contributed by atoms with Crippen LogP contribution >= 0.6 is 11.3 Å². The summed E-state index contributed by atoms with van der Waals surface area (Å²) in [4.78, 5) is 0. The largest absolute Gasteiger partial charge is 0.320 e. The Morgan fingerprint density at radius 3 is 2.29 bits per heavy atom. The highest BCUT2D eigenvalue weighted by molar-refractivity contribution is 7.11. The molecule has 4 aliphatic rings. The molecule has 0 unspecified atom stereocenters. The van der Waals surface area contributed by atoms with Crippen LogP contribution < -0.4 is 5.32 Å². The minimum atomic E-state index is 0.608. The molecule has 0 spiro atoms. The molecule has 0 radical (unpaired) electrons. The maximum Gasteiger partial charge on any atom is 0.118 e. The Morgan fingerprint density at radius 1 is 1.05 bits per heavy atom. The van der Waals surface area contributed by atoms with E-state index in [4.69, 9.17) is 0 Å². The summed E-state index contributed by atoms with van der Waals surface area (Å²) in [5, 5.41) is 14.7. The van der Waals surface area contributed by atoms with Crippen molar-refractivity contribution in [2.24, 2.45) is 23.2 Å². The fourth-order valence-corrected chi connectivity index (χ4v) is 6.76. The van der Waals surface area contributed by atoms with E-state index in [1.54, 1.807) is 0 Å². The van der Waals surface area contributed by atoms with Crippen LogP contribution in [0.3, 0.4) is 0 Å². The van der Waals surface area contributed by atoms with Crippen molar-refractivity contribution in [2.75, 3.05) is 13.6 Å². The molecular weight excluding hydrogens is 278 g/mol. The van der Waals surface area contributed by atoms with Gasteiger partial charge in [-0.1, -0.05) is 0 Å². The summed E-state index contributed by atoms with van der Waals surface area (Å²) in [5.74, 6) is 3.12. The second-order valence-electron chi connectivity index (χ2n) is 7.89. The Labute approximate surface area is 131 Å². The van der Waals surface area contributed by atoms with Crippen molar-refractivity contribution in [3.63, 3.8) is 0 Å². The molecule has 1 N–H and O–H groups in total. The molecular formula is C17H27N3S. The Hall–Kier alpha value is -0.480. The second kappa shape index (κ2) is 5.62. The van der Waals surface area contributed by atoms with Crippen molar-refractivity contribution in [1.82, 2.24) is 15.5 Å². The van der Waals surface area contributed by atoms with Gasteiger partial charge in [0.05, 0.1) is 0 Å². The smallest absolute Gasteiger partial charge is 0.118 e. The molecule has 0 amide bonds. The average Bonchev–Trinajstić information content (AvgIpc) is 2.84. The molecule has 4 fully saturated rings. The predicted octanol–water partition coefficient (Wildman–Crippen LogP) is 3.45. The summed E-state index contributed by atoms with van der Waals surface area (Å²) >= 11 is 1.88. The number of rotatable bonds is 6. The van der Waals surface area contributed by atoms with Crippen molar-refractivity contribution in [3.8, 4) is 0 Å². The number of aromatic nitrogens is 2. The van der Waals surface area contributed by atoms with Gasteiger partial charge in [-0.05, 0) is 81.7 Å². The minimum Gasteiger partial charge on any atom is -0.320 e. The summed E-state index contributed by atoms with van der Waals surface area (Å²) < 4.78 is 0. The molecule has 116 valence electrons. The van der Waals surface area contributed by atoms with Crippen LogP contribution in [-0.2, 0) is 12.8 Å². The number of hydrogen-bond donors (Lipinski definition) is 1. The summed E-state index contributed by atoms with van der Waals surface area (Å²) in [6.07, 6.45) is 12.5. The molecule has 1 heterocycles. The van der Waals surface area contributed by atoms with Gasteiger partial charge in [0.1, 0.15) is 10.0 Å². The number of hydrogen-bond acceptors (Lipinski definition) is 4. The first-order chi connectivity index (χ1) is 10.2. The normalized spacial score (nSPS) is 37.3. The molecule has 3 nitrogen and oxygen atoms in total. The third-order valence-electron chi connectivity index (χ3n) is 6.02. The van der Waals surface area contributed by atoms with E-state index >= 15 is 0 Å². The van der Waals surface area contributed by atoms with Crippen molar-refractivity contribution in [1.29, 1.82) is 0 Å². The van der Waals surface area contributed by atoms with Gasteiger partial charge in [0, 0.05) is 12.8 Å². The summed E-state index contributed by atoms with van der Waals surface area (Å²) in [6.45, 7) is 1.07. The van der Waals surface area contributed by atoms with E-state index in [1.165, 1.54) is 61.4 Å².